The first kappa shape index (κ1) is 7.72. The summed E-state index contributed by atoms with van der Waals surface area (Å²) in [6, 6.07) is 4.21. The predicted octanol–water partition coefficient (Wildman–Crippen LogP) is 1.20. The Kier molecular flexibility index (Phi) is 1.89. The number of carboxylic acid groups (broad SMARTS) is 1. The van der Waals surface area contributed by atoms with Crippen molar-refractivity contribution in [2.75, 3.05) is 0 Å². The third-order valence-electron chi connectivity index (χ3n) is 1.35. The molecule has 1 N–H and O–H groups in total. The molecule has 3 nitrogen and oxygen atoms in total. The van der Waals surface area contributed by atoms with Gasteiger partial charge in [0.1, 0.15) is 0 Å². The first-order valence-corrected chi connectivity index (χ1v) is 3.20. The number of carboxylic acids is 1. The van der Waals surface area contributed by atoms with Crippen molar-refractivity contribution in [1.29, 1.82) is 0 Å². The first-order chi connectivity index (χ1) is 5.11. The highest BCUT2D eigenvalue weighted by atomic mass is 16.4. The van der Waals surface area contributed by atoms with E-state index in [1.54, 1.807) is 19.9 Å². The van der Waals surface area contributed by atoms with Crippen LogP contribution < -0.4 is 0 Å². The molecule has 1 aromatic heterocycles. The van der Waals surface area contributed by atoms with Crippen LogP contribution in [0.3, 0.4) is 0 Å². The van der Waals surface area contributed by atoms with Gasteiger partial charge in [0.05, 0.1) is 11.3 Å². The van der Waals surface area contributed by atoms with Crippen molar-refractivity contribution in [3.63, 3.8) is 0 Å². The van der Waals surface area contributed by atoms with Crippen molar-refractivity contribution >= 4 is 5.97 Å². The largest absolute Gasteiger partial charge is 0.478 e. The molecule has 1 aromatic rings. The summed E-state index contributed by atoms with van der Waals surface area (Å²) in [7, 11) is 0. The molecule has 0 aliphatic carbocycles. The topological polar surface area (TPSA) is 50.2 Å². The van der Waals surface area contributed by atoms with E-state index in [0.717, 1.165) is 5.69 Å². The van der Waals surface area contributed by atoms with Crippen LogP contribution in [0.1, 0.15) is 21.7 Å². The molecule has 3 heteroatoms. The van der Waals surface area contributed by atoms with E-state index in [2.05, 4.69) is 11.1 Å². The summed E-state index contributed by atoms with van der Waals surface area (Å²) >= 11 is 0. The van der Waals surface area contributed by atoms with Gasteiger partial charge in [-0.05, 0) is 19.9 Å². The number of hydrogen-bond donors (Lipinski definition) is 1. The van der Waals surface area contributed by atoms with Crippen LogP contribution in [0.4, 0.5) is 0 Å². The number of aromatic nitrogens is 1. The maximum absolute atomic E-state index is 10.5. The molecule has 57 valence electrons. The third kappa shape index (κ3) is 1.55. The number of pyridine rings is 1. The molecule has 1 radical (unpaired) electrons. The smallest absolute Gasteiger partial charge is 0.338 e. The number of aromatic carboxylic acids is 1. The second kappa shape index (κ2) is 2.70. The Morgan fingerprint density at radius 3 is 2.73 bits per heavy atom. The number of rotatable bonds is 1. The summed E-state index contributed by atoms with van der Waals surface area (Å²) in [5, 5.41) is 8.59. The molecule has 0 aliphatic heterocycles. The van der Waals surface area contributed by atoms with E-state index in [4.69, 9.17) is 5.11 Å². The Labute approximate surface area is 64.7 Å². The molecule has 11 heavy (non-hydrogen) atoms. The van der Waals surface area contributed by atoms with Gasteiger partial charge in [0.2, 0.25) is 0 Å². The Morgan fingerprint density at radius 1 is 1.64 bits per heavy atom. The molecular weight excluding hydrogens is 142 g/mol. The van der Waals surface area contributed by atoms with Crippen LogP contribution in [0.25, 0.3) is 0 Å². The third-order valence-corrected chi connectivity index (χ3v) is 1.35. The molecule has 0 spiro atoms. The second-order valence-electron chi connectivity index (χ2n) is 2.31. The maximum Gasteiger partial charge on any atom is 0.338 e. The van der Waals surface area contributed by atoms with Crippen molar-refractivity contribution in [3.05, 3.63) is 29.1 Å². The Hall–Kier alpha value is -1.38. The molecule has 0 aromatic carbocycles. The summed E-state index contributed by atoms with van der Waals surface area (Å²) in [5.41, 5.74) is 1.45. The Bertz CT molecular complexity index is 294. The van der Waals surface area contributed by atoms with Gasteiger partial charge in [-0.1, -0.05) is 0 Å². The minimum absolute atomic E-state index is 0.149. The van der Waals surface area contributed by atoms with Crippen LogP contribution in [0.2, 0.25) is 0 Å². The summed E-state index contributed by atoms with van der Waals surface area (Å²) in [5.74, 6) is -0.977. The quantitative estimate of drug-likeness (QED) is 0.654. The highest BCUT2D eigenvalue weighted by Crippen LogP contribution is 2.04. The van der Waals surface area contributed by atoms with E-state index >= 15 is 0 Å². The fourth-order valence-electron chi connectivity index (χ4n) is 0.850. The van der Waals surface area contributed by atoms with Crippen molar-refractivity contribution in [2.45, 2.75) is 13.8 Å². The van der Waals surface area contributed by atoms with E-state index in [1.807, 2.05) is 0 Å². The van der Waals surface area contributed by atoms with Gasteiger partial charge in [-0.15, -0.1) is 0 Å². The highest BCUT2D eigenvalue weighted by molar-refractivity contribution is 5.88. The van der Waals surface area contributed by atoms with Gasteiger partial charge in [0.25, 0.3) is 0 Å². The molecule has 0 saturated carbocycles. The molecule has 0 aliphatic rings. The highest BCUT2D eigenvalue weighted by Gasteiger charge is 2.06. The zero-order valence-corrected chi connectivity index (χ0v) is 6.38. The van der Waals surface area contributed by atoms with Crippen molar-refractivity contribution < 1.29 is 9.90 Å². The molecule has 1 heterocycles. The van der Waals surface area contributed by atoms with Gasteiger partial charge in [-0.25, -0.2) is 4.79 Å². The lowest BCUT2D eigenvalue weighted by Gasteiger charge is -1.98. The number of aryl methyl sites for hydroxylation is 2. The Morgan fingerprint density at radius 2 is 2.27 bits per heavy atom. The first-order valence-electron chi connectivity index (χ1n) is 3.20. The number of hydrogen-bond acceptors (Lipinski definition) is 2. The van der Waals surface area contributed by atoms with Crippen molar-refractivity contribution in [1.82, 2.24) is 4.98 Å². The molecule has 0 saturated heterocycles. The molecule has 0 atom stereocenters. The monoisotopic (exact) mass is 150 g/mol. The van der Waals surface area contributed by atoms with Gasteiger partial charge >= 0.3 is 5.97 Å². The maximum atomic E-state index is 10.5. The van der Waals surface area contributed by atoms with Gasteiger partial charge in [0, 0.05) is 11.8 Å². The second-order valence-corrected chi connectivity index (χ2v) is 2.31. The molecule has 1 rings (SSSR count). The van der Waals surface area contributed by atoms with Gasteiger partial charge in [0.15, 0.2) is 0 Å². The lowest BCUT2D eigenvalue weighted by molar-refractivity contribution is 0.0695. The van der Waals surface area contributed by atoms with Gasteiger partial charge < -0.3 is 5.11 Å². The van der Waals surface area contributed by atoms with Gasteiger partial charge in [-0.3, -0.25) is 4.98 Å². The zero-order chi connectivity index (χ0) is 8.43. The lowest BCUT2D eigenvalue weighted by atomic mass is 10.2. The number of nitrogens with zero attached hydrogens (tertiary/aromatic N) is 1. The van der Waals surface area contributed by atoms with Crippen LogP contribution in [-0.2, 0) is 0 Å². The summed E-state index contributed by atoms with van der Waals surface area (Å²) < 4.78 is 0. The van der Waals surface area contributed by atoms with Crippen LogP contribution in [0.5, 0.6) is 0 Å². The fourth-order valence-corrected chi connectivity index (χ4v) is 0.850. The SMILES string of the molecule is Cc1c[c]c(C(=O)O)c(C)n1. The predicted molar refractivity (Wildman–Crippen MR) is 39.5 cm³/mol. The van der Waals surface area contributed by atoms with E-state index in [9.17, 15) is 4.79 Å². The van der Waals surface area contributed by atoms with E-state index in [0.29, 0.717) is 5.69 Å². The molecule has 0 unspecified atom stereocenters. The average Bonchev–Trinajstić information content (AvgIpc) is 1.85. The number of carbonyl (C=O) groups is 1. The van der Waals surface area contributed by atoms with Crippen LogP contribution in [0.15, 0.2) is 6.07 Å². The lowest BCUT2D eigenvalue weighted by Crippen LogP contribution is -2.02. The summed E-state index contributed by atoms with van der Waals surface area (Å²) in [6.07, 6.45) is 0. The van der Waals surface area contributed by atoms with Crippen LogP contribution in [-0.4, -0.2) is 16.1 Å². The fraction of sp³-hybridized carbons (Fsp3) is 0.250. The molecule has 0 amide bonds. The minimum Gasteiger partial charge on any atom is -0.478 e. The normalized spacial score (nSPS) is 9.64. The molecule has 0 fully saturated rings. The summed E-state index contributed by atoms with van der Waals surface area (Å²) in [6.45, 7) is 3.46. The molecule has 0 bridgehead atoms. The Balaban J connectivity index is 3.20. The van der Waals surface area contributed by atoms with E-state index < -0.39 is 5.97 Å². The van der Waals surface area contributed by atoms with Crippen molar-refractivity contribution in [2.24, 2.45) is 0 Å². The summed E-state index contributed by atoms with van der Waals surface area (Å²) in [4.78, 5) is 14.4. The van der Waals surface area contributed by atoms with E-state index in [1.165, 1.54) is 0 Å². The van der Waals surface area contributed by atoms with Gasteiger partial charge in [-0.2, -0.15) is 0 Å². The van der Waals surface area contributed by atoms with E-state index in [-0.39, 0.29) is 5.56 Å². The van der Waals surface area contributed by atoms with Crippen LogP contribution in [0, 0.1) is 19.9 Å². The minimum atomic E-state index is -0.977. The molecular formula is C8H8NO2. The standard InChI is InChI=1S/C8H8NO2/c1-5-3-4-7(8(10)11)6(2)9-5/h3H,1-2H3,(H,10,11). The van der Waals surface area contributed by atoms with Crippen molar-refractivity contribution in [3.8, 4) is 0 Å². The zero-order valence-electron chi connectivity index (χ0n) is 6.38. The van der Waals surface area contributed by atoms with Crippen LogP contribution >= 0.6 is 0 Å². The average molecular weight is 150 g/mol.